The average molecular weight is 365 g/mol. The molecule has 7 heteroatoms. The first kappa shape index (κ1) is 21.0. The Morgan fingerprint density at radius 1 is 1.16 bits per heavy atom. The van der Waals surface area contributed by atoms with Crippen LogP contribution in [0.25, 0.3) is 0 Å². The van der Waals surface area contributed by atoms with Crippen molar-refractivity contribution >= 4 is 34.7 Å². The second-order valence-electron chi connectivity index (χ2n) is 5.96. The summed E-state index contributed by atoms with van der Waals surface area (Å²) in [5, 5.41) is 3.27. The molecule has 1 aromatic rings. The summed E-state index contributed by atoms with van der Waals surface area (Å²) in [5.74, 6) is 1.15. The number of carbonyl (C=O) groups is 2. The molecule has 0 unspecified atom stereocenters. The number of amidine groups is 1. The van der Waals surface area contributed by atoms with Crippen molar-refractivity contribution in [1.82, 2.24) is 9.80 Å². The van der Waals surface area contributed by atoms with E-state index in [9.17, 15) is 9.59 Å². The van der Waals surface area contributed by atoms with Gasteiger partial charge in [0, 0.05) is 26.3 Å². The van der Waals surface area contributed by atoms with Crippen molar-refractivity contribution in [3.63, 3.8) is 0 Å². The van der Waals surface area contributed by atoms with Crippen molar-refractivity contribution < 1.29 is 9.59 Å². The normalized spacial score (nSPS) is 11.4. The Morgan fingerprint density at radius 3 is 2.20 bits per heavy atom. The number of nitrogens with zero attached hydrogens (tertiary/aromatic N) is 3. The van der Waals surface area contributed by atoms with Gasteiger partial charge in [-0.1, -0.05) is 44.7 Å². The van der Waals surface area contributed by atoms with Gasteiger partial charge in [0.1, 0.15) is 0 Å². The third-order valence-electron chi connectivity index (χ3n) is 3.47. The molecule has 0 aliphatic carbocycles. The van der Waals surface area contributed by atoms with Crippen molar-refractivity contribution in [1.29, 1.82) is 0 Å². The van der Waals surface area contributed by atoms with Crippen LogP contribution < -0.4 is 5.32 Å². The predicted molar refractivity (Wildman–Crippen MR) is 107 cm³/mol. The Labute approximate surface area is 154 Å². The minimum absolute atomic E-state index is 0.300. The number of thioether (sulfide) groups is 1. The maximum Gasteiger partial charge on any atom is 0.345 e. The van der Waals surface area contributed by atoms with Gasteiger partial charge in [-0.05, 0) is 36.3 Å². The highest BCUT2D eigenvalue weighted by atomic mass is 32.2. The first-order chi connectivity index (χ1) is 11.8. The summed E-state index contributed by atoms with van der Waals surface area (Å²) in [6.45, 7) is 8.48. The first-order valence-electron chi connectivity index (χ1n) is 8.41. The Kier molecular flexibility index (Phi) is 8.48. The van der Waals surface area contributed by atoms with E-state index in [1.807, 2.05) is 38.1 Å². The van der Waals surface area contributed by atoms with Crippen molar-refractivity contribution in [2.45, 2.75) is 33.6 Å². The van der Waals surface area contributed by atoms with E-state index < -0.39 is 0 Å². The first-order valence-corrected chi connectivity index (χ1v) is 9.39. The second kappa shape index (κ2) is 10.1. The molecule has 0 bridgehead atoms. The van der Waals surface area contributed by atoms with E-state index in [0.29, 0.717) is 29.1 Å². The quantitative estimate of drug-likeness (QED) is 0.634. The SMILES string of the molecule is CCSC(=NC(=O)N(C)C)N(CC)C(=O)Nc1ccc(C(C)C)cc1. The summed E-state index contributed by atoms with van der Waals surface area (Å²) in [4.78, 5) is 31.5. The molecule has 138 valence electrons. The van der Waals surface area contributed by atoms with Crippen LogP contribution in [0.15, 0.2) is 29.3 Å². The molecule has 0 aliphatic heterocycles. The molecule has 4 amide bonds. The molecule has 0 fully saturated rings. The molecule has 0 saturated carbocycles. The number of rotatable bonds is 4. The van der Waals surface area contributed by atoms with Gasteiger partial charge in [0.05, 0.1) is 0 Å². The highest BCUT2D eigenvalue weighted by Gasteiger charge is 2.20. The van der Waals surface area contributed by atoms with Crippen LogP contribution in [0.5, 0.6) is 0 Å². The second-order valence-corrected chi connectivity index (χ2v) is 7.19. The van der Waals surface area contributed by atoms with Crippen LogP contribution in [-0.4, -0.2) is 53.4 Å². The van der Waals surface area contributed by atoms with Crippen LogP contribution in [-0.2, 0) is 0 Å². The van der Waals surface area contributed by atoms with Gasteiger partial charge in [-0.25, -0.2) is 9.59 Å². The molecule has 1 aromatic carbocycles. The Balaban J connectivity index is 2.94. The lowest BCUT2D eigenvalue weighted by Crippen LogP contribution is -2.39. The average Bonchev–Trinajstić information content (AvgIpc) is 2.55. The molecule has 0 spiro atoms. The van der Waals surface area contributed by atoms with E-state index in [2.05, 4.69) is 24.2 Å². The zero-order valence-corrected chi connectivity index (χ0v) is 16.7. The van der Waals surface area contributed by atoms with Crippen molar-refractivity contribution in [2.75, 3.05) is 31.7 Å². The van der Waals surface area contributed by atoms with E-state index >= 15 is 0 Å². The summed E-state index contributed by atoms with van der Waals surface area (Å²) >= 11 is 1.37. The fourth-order valence-electron chi connectivity index (χ4n) is 1.99. The number of nitrogens with one attached hydrogen (secondary N) is 1. The molecule has 1 N–H and O–H groups in total. The van der Waals surface area contributed by atoms with Crippen LogP contribution >= 0.6 is 11.8 Å². The monoisotopic (exact) mass is 364 g/mol. The molecule has 1 rings (SSSR count). The molecule has 0 aromatic heterocycles. The third-order valence-corrected chi connectivity index (χ3v) is 4.33. The predicted octanol–water partition coefficient (Wildman–Crippen LogP) is 4.45. The third kappa shape index (κ3) is 6.42. The van der Waals surface area contributed by atoms with Gasteiger partial charge in [0.15, 0.2) is 5.17 Å². The van der Waals surface area contributed by atoms with Crippen LogP contribution in [0.4, 0.5) is 15.3 Å². The fourth-order valence-corrected chi connectivity index (χ4v) is 2.76. The van der Waals surface area contributed by atoms with Gasteiger partial charge in [0.2, 0.25) is 0 Å². The number of urea groups is 2. The van der Waals surface area contributed by atoms with E-state index in [4.69, 9.17) is 0 Å². The Bertz CT molecular complexity index is 612. The molecule has 6 nitrogen and oxygen atoms in total. The van der Waals surface area contributed by atoms with Crippen LogP contribution in [0, 0.1) is 0 Å². The summed E-state index contributed by atoms with van der Waals surface area (Å²) in [6, 6.07) is 7.09. The Morgan fingerprint density at radius 2 is 1.76 bits per heavy atom. The Hall–Kier alpha value is -2.02. The van der Waals surface area contributed by atoms with Gasteiger partial charge in [0.25, 0.3) is 0 Å². The largest absolute Gasteiger partial charge is 0.345 e. The molecule has 0 aliphatic rings. The van der Waals surface area contributed by atoms with Gasteiger partial charge in [-0.2, -0.15) is 4.99 Å². The van der Waals surface area contributed by atoms with Crippen LogP contribution in [0.1, 0.15) is 39.2 Å². The van der Waals surface area contributed by atoms with E-state index in [1.54, 1.807) is 14.1 Å². The van der Waals surface area contributed by atoms with Crippen molar-refractivity contribution in [3.05, 3.63) is 29.8 Å². The molecule has 0 atom stereocenters. The topological polar surface area (TPSA) is 65.0 Å². The number of aliphatic imine (C=N–C) groups is 1. The molecular formula is C18H28N4O2S. The molecule has 0 heterocycles. The van der Waals surface area contributed by atoms with Gasteiger partial charge >= 0.3 is 12.1 Å². The highest BCUT2D eigenvalue weighted by Crippen LogP contribution is 2.18. The van der Waals surface area contributed by atoms with E-state index in [-0.39, 0.29) is 12.1 Å². The summed E-state index contributed by atoms with van der Waals surface area (Å²) in [5.41, 5.74) is 1.93. The minimum Gasteiger partial charge on any atom is -0.329 e. The van der Waals surface area contributed by atoms with Gasteiger partial charge in [-0.3, -0.25) is 4.90 Å². The van der Waals surface area contributed by atoms with E-state index in [0.717, 1.165) is 0 Å². The number of carbonyl (C=O) groups excluding carboxylic acids is 2. The molecular weight excluding hydrogens is 336 g/mol. The lowest BCUT2D eigenvalue weighted by atomic mass is 10.0. The summed E-state index contributed by atoms with van der Waals surface area (Å²) in [7, 11) is 3.26. The fraction of sp³-hybridized carbons (Fsp3) is 0.500. The lowest BCUT2D eigenvalue weighted by Gasteiger charge is -2.22. The molecule has 0 radical (unpaired) electrons. The number of benzene rings is 1. The number of hydrogen-bond donors (Lipinski definition) is 1. The van der Waals surface area contributed by atoms with Gasteiger partial charge in [-0.15, -0.1) is 0 Å². The number of hydrogen-bond acceptors (Lipinski definition) is 3. The van der Waals surface area contributed by atoms with Crippen LogP contribution in [0.3, 0.4) is 0 Å². The molecule has 0 saturated heterocycles. The smallest absolute Gasteiger partial charge is 0.329 e. The highest BCUT2D eigenvalue weighted by molar-refractivity contribution is 8.13. The van der Waals surface area contributed by atoms with Gasteiger partial charge < -0.3 is 10.2 Å². The summed E-state index contributed by atoms with van der Waals surface area (Å²) in [6.07, 6.45) is 0. The standard InChI is InChI=1S/C18H28N4O2S/c1-7-22(18(25-8-2)20-16(23)21(5)6)17(24)19-15-11-9-14(10-12-15)13(3)4/h9-13H,7-8H2,1-6H3,(H,19,24). The summed E-state index contributed by atoms with van der Waals surface area (Å²) < 4.78 is 0. The number of anilines is 1. The lowest BCUT2D eigenvalue weighted by molar-refractivity contribution is 0.226. The van der Waals surface area contributed by atoms with Crippen LogP contribution in [0.2, 0.25) is 0 Å². The maximum absolute atomic E-state index is 12.6. The molecule has 25 heavy (non-hydrogen) atoms. The minimum atomic E-state index is -0.386. The van der Waals surface area contributed by atoms with Crippen molar-refractivity contribution in [2.24, 2.45) is 4.99 Å². The maximum atomic E-state index is 12.6. The zero-order chi connectivity index (χ0) is 19.0. The van der Waals surface area contributed by atoms with E-state index in [1.165, 1.54) is 27.1 Å². The zero-order valence-electron chi connectivity index (χ0n) is 15.9. The van der Waals surface area contributed by atoms with Crippen molar-refractivity contribution in [3.8, 4) is 0 Å². The number of amides is 4.